The smallest absolute Gasteiger partial charge is 0.127 e. The molecule has 2 heteroatoms. The van der Waals surface area contributed by atoms with Gasteiger partial charge >= 0.3 is 0 Å². The Bertz CT molecular complexity index is 220. The summed E-state index contributed by atoms with van der Waals surface area (Å²) in [4.78, 5) is 0. The van der Waals surface area contributed by atoms with Crippen LogP contribution in [0, 0.1) is 18.8 Å². The van der Waals surface area contributed by atoms with Gasteiger partial charge in [0, 0.05) is 6.07 Å². The largest absolute Gasteiger partial charge is 0.507 e. The van der Waals surface area contributed by atoms with Crippen LogP contribution in [0.25, 0.3) is 0 Å². The van der Waals surface area contributed by atoms with Crippen LogP contribution in [0.2, 0.25) is 0 Å². The average Bonchev–Trinajstić information content (AvgIpc) is 1.80. The van der Waals surface area contributed by atoms with Gasteiger partial charge in [-0.15, -0.1) is 0 Å². The van der Waals surface area contributed by atoms with Crippen LogP contribution in [0.4, 0.5) is 4.39 Å². The molecular weight excluding hydrogens is 119 g/mol. The van der Waals surface area contributed by atoms with E-state index >= 15 is 0 Å². The summed E-state index contributed by atoms with van der Waals surface area (Å²) in [6, 6.07) is 4.77. The maximum atomic E-state index is 12.4. The number of hydrogen-bond donors (Lipinski definition) is 1. The predicted molar refractivity (Wildman–Crippen MR) is 31.6 cm³/mol. The fourth-order valence-corrected chi connectivity index (χ4v) is 0.567. The van der Waals surface area contributed by atoms with Crippen LogP contribution in [0.15, 0.2) is 12.1 Å². The number of aromatic hydroxyl groups is 1. The molecule has 0 aliphatic heterocycles. The summed E-state index contributed by atoms with van der Waals surface area (Å²) >= 11 is 0. The van der Waals surface area contributed by atoms with Gasteiger partial charge in [-0.05, 0) is 24.6 Å². The highest BCUT2D eigenvalue weighted by Crippen LogP contribution is 2.12. The molecule has 0 aliphatic carbocycles. The van der Waals surface area contributed by atoms with Gasteiger partial charge in [-0.2, -0.15) is 0 Å². The molecule has 0 fully saturated rings. The quantitative estimate of drug-likeness (QED) is 0.558. The lowest BCUT2D eigenvalue weighted by Gasteiger charge is -1.93. The van der Waals surface area contributed by atoms with Crippen molar-refractivity contribution in [3.63, 3.8) is 0 Å². The zero-order chi connectivity index (χ0) is 6.85. The first kappa shape index (κ1) is 6.08. The summed E-state index contributed by atoms with van der Waals surface area (Å²) in [5, 5.41) is 8.72. The van der Waals surface area contributed by atoms with Crippen molar-refractivity contribution in [1.82, 2.24) is 0 Å². The number of phenolic OH excluding ortho intramolecular Hbond substituents is 1. The molecule has 0 unspecified atom stereocenters. The first-order chi connectivity index (χ1) is 4.20. The molecule has 1 aromatic rings. The molecule has 0 saturated heterocycles. The van der Waals surface area contributed by atoms with E-state index in [2.05, 4.69) is 6.07 Å². The highest BCUT2D eigenvalue weighted by atomic mass is 19.1. The lowest BCUT2D eigenvalue weighted by Crippen LogP contribution is -1.78. The van der Waals surface area contributed by atoms with Gasteiger partial charge in [0.2, 0.25) is 0 Å². The molecule has 0 bridgehead atoms. The second-order valence-electron chi connectivity index (χ2n) is 1.85. The zero-order valence-corrected chi connectivity index (χ0v) is 4.98. The van der Waals surface area contributed by atoms with Crippen LogP contribution >= 0.6 is 0 Å². The van der Waals surface area contributed by atoms with Crippen molar-refractivity contribution in [3.05, 3.63) is 29.6 Å². The second-order valence-corrected chi connectivity index (χ2v) is 1.85. The van der Waals surface area contributed by atoms with E-state index < -0.39 is 0 Å². The van der Waals surface area contributed by atoms with E-state index in [1.807, 2.05) is 0 Å². The summed E-state index contributed by atoms with van der Waals surface area (Å²) in [6.07, 6.45) is 0. The third-order valence-electron chi connectivity index (χ3n) is 1.08. The molecule has 0 aliphatic rings. The Kier molecular flexibility index (Phi) is 1.39. The van der Waals surface area contributed by atoms with Crippen molar-refractivity contribution >= 4 is 0 Å². The molecule has 1 N–H and O–H groups in total. The zero-order valence-electron chi connectivity index (χ0n) is 4.98. The lowest BCUT2D eigenvalue weighted by molar-refractivity contribution is 0.471. The number of halogens is 1. The van der Waals surface area contributed by atoms with Crippen LogP contribution in [0.1, 0.15) is 5.56 Å². The summed E-state index contributed by atoms with van der Waals surface area (Å²) in [5.41, 5.74) is 0.436. The number of phenols is 1. The molecule has 0 amide bonds. The molecular formula is C7H6FO. The van der Waals surface area contributed by atoms with Gasteiger partial charge in [-0.1, -0.05) is 0 Å². The third-order valence-corrected chi connectivity index (χ3v) is 1.08. The minimum atomic E-state index is -0.340. The minimum absolute atomic E-state index is 0.0195. The molecule has 9 heavy (non-hydrogen) atoms. The van der Waals surface area contributed by atoms with Gasteiger partial charge in [0.25, 0.3) is 0 Å². The maximum absolute atomic E-state index is 12.4. The maximum Gasteiger partial charge on any atom is 0.127 e. The van der Waals surface area contributed by atoms with Crippen molar-refractivity contribution in [2.45, 2.75) is 6.92 Å². The van der Waals surface area contributed by atoms with E-state index in [0.29, 0.717) is 5.56 Å². The molecule has 1 nitrogen and oxygen atoms in total. The van der Waals surface area contributed by atoms with Crippen LogP contribution < -0.4 is 0 Å². The van der Waals surface area contributed by atoms with Crippen LogP contribution in [-0.2, 0) is 0 Å². The van der Waals surface area contributed by atoms with Gasteiger partial charge in [-0.25, -0.2) is 4.39 Å². The van der Waals surface area contributed by atoms with Crippen molar-refractivity contribution in [3.8, 4) is 5.75 Å². The van der Waals surface area contributed by atoms with Crippen LogP contribution in [0.5, 0.6) is 5.75 Å². The fourth-order valence-electron chi connectivity index (χ4n) is 0.567. The van der Waals surface area contributed by atoms with Gasteiger partial charge in [0.15, 0.2) is 0 Å². The van der Waals surface area contributed by atoms with Crippen molar-refractivity contribution < 1.29 is 9.50 Å². The average molecular weight is 125 g/mol. The lowest BCUT2D eigenvalue weighted by atomic mass is 10.2. The Morgan fingerprint density at radius 2 is 2.33 bits per heavy atom. The van der Waals surface area contributed by atoms with Gasteiger partial charge in [0.1, 0.15) is 11.6 Å². The standard InChI is InChI=1S/C7H6FO/c1-5-4-6(9)2-3-7(5)8/h3-4,9H,1H3. The molecule has 47 valence electrons. The Morgan fingerprint density at radius 1 is 1.67 bits per heavy atom. The highest BCUT2D eigenvalue weighted by molar-refractivity contribution is 5.25. The topological polar surface area (TPSA) is 20.2 Å². The van der Waals surface area contributed by atoms with Gasteiger partial charge in [-0.3, -0.25) is 0 Å². The SMILES string of the molecule is Cc1cc(O)[c]cc1F. The molecule has 1 radical (unpaired) electrons. The van der Waals surface area contributed by atoms with Gasteiger partial charge in [0.05, 0.1) is 0 Å². The summed E-state index contributed by atoms with van der Waals surface area (Å²) in [5.74, 6) is -0.360. The summed E-state index contributed by atoms with van der Waals surface area (Å²) in [7, 11) is 0. The summed E-state index contributed by atoms with van der Waals surface area (Å²) in [6.45, 7) is 1.59. The van der Waals surface area contributed by atoms with Crippen LogP contribution in [-0.4, -0.2) is 5.11 Å². The fraction of sp³-hybridized carbons (Fsp3) is 0.143. The molecule has 0 spiro atoms. The van der Waals surface area contributed by atoms with Gasteiger partial charge < -0.3 is 5.11 Å². The van der Waals surface area contributed by atoms with E-state index in [-0.39, 0.29) is 11.6 Å². The Morgan fingerprint density at radius 3 is 2.78 bits per heavy atom. The first-order valence-corrected chi connectivity index (χ1v) is 2.57. The van der Waals surface area contributed by atoms with Crippen LogP contribution in [0.3, 0.4) is 0 Å². The number of rotatable bonds is 0. The van der Waals surface area contributed by atoms with E-state index in [1.54, 1.807) is 6.92 Å². The molecule has 1 rings (SSSR count). The molecule has 0 saturated carbocycles. The second kappa shape index (κ2) is 2.05. The monoisotopic (exact) mass is 125 g/mol. The van der Waals surface area contributed by atoms with E-state index in [4.69, 9.17) is 5.11 Å². The van der Waals surface area contributed by atoms with E-state index in [1.165, 1.54) is 6.07 Å². The molecule has 0 atom stereocenters. The Hall–Kier alpha value is -1.05. The van der Waals surface area contributed by atoms with Crippen molar-refractivity contribution in [1.29, 1.82) is 0 Å². The molecule has 0 heterocycles. The minimum Gasteiger partial charge on any atom is -0.507 e. The number of hydrogen-bond acceptors (Lipinski definition) is 1. The third kappa shape index (κ3) is 1.19. The summed E-state index contributed by atoms with van der Waals surface area (Å²) < 4.78 is 12.4. The van der Waals surface area contributed by atoms with E-state index in [0.717, 1.165) is 6.07 Å². The Balaban J connectivity index is 3.17. The van der Waals surface area contributed by atoms with Crippen molar-refractivity contribution in [2.75, 3.05) is 0 Å². The van der Waals surface area contributed by atoms with E-state index in [9.17, 15) is 4.39 Å². The van der Waals surface area contributed by atoms with Crippen molar-refractivity contribution in [2.24, 2.45) is 0 Å². The molecule has 0 aromatic heterocycles. The molecule has 1 aromatic carbocycles. The number of aryl methyl sites for hydroxylation is 1. The highest BCUT2D eigenvalue weighted by Gasteiger charge is 1.95. The predicted octanol–water partition coefficient (Wildman–Crippen LogP) is 1.64. The number of benzene rings is 1. The Labute approximate surface area is 52.8 Å². The first-order valence-electron chi connectivity index (χ1n) is 2.57. The normalized spacial score (nSPS) is 9.56.